The quantitative estimate of drug-likeness (QED) is 0.786. The number of hydrogen-bond donors (Lipinski definition) is 1. The van der Waals surface area contributed by atoms with Crippen molar-refractivity contribution in [2.75, 3.05) is 6.61 Å². The number of rotatable bonds is 3. The van der Waals surface area contributed by atoms with Crippen LogP contribution in [0.2, 0.25) is 0 Å². The molecule has 84 valence electrons. The lowest BCUT2D eigenvalue weighted by Gasteiger charge is -2.15. The van der Waals surface area contributed by atoms with Gasteiger partial charge in [0, 0.05) is 17.9 Å². The lowest BCUT2D eigenvalue weighted by molar-refractivity contribution is 0.122. The summed E-state index contributed by atoms with van der Waals surface area (Å²) < 4.78 is 5.54. The van der Waals surface area contributed by atoms with Crippen LogP contribution in [-0.4, -0.2) is 17.8 Å². The van der Waals surface area contributed by atoms with Gasteiger partial charge in [0.15, 0.2) is 0 Å². The summed E-state index contributed by atoms with van der Waals surface area (Å²) in [7, 11) is 0. The van der Waals surface area contributed by atoms with Gasteiger partial charge in [0.1, 0.15) is 5.75 Å². The Morgan fingerprint density at radius 3 is 3.12 bits per heavy atom. The average Bonchev–Trinajstić information content (AvgIpc) is 2.73. The molecule has 2 rings (SSSR count). The first-order valence-electron chi connectivity index (χ1n) is 5.62. The van der Waals surface area contributed by atoms with Crippen LogP contribution in [0.25, 0.3) is 0 Å². The van der Waals surface area contributed by atoms with Crippen LogP contribution in [0.3, 0.4) is 0 Å². The van der Waals surface area contributed by atoms with Crippen molar-refractivity contribution in [3.8, 4) is 17.6 Å². The van der Waals surface area contributed by atoms with Crippen molar-refractivity contribution >= 4 is 0 Å². The third-order valence-corrected chi connectivity index (χ3v) is 2.94. The molecule has 1 aromatic rings. The second-order valence-corrected chi connectivity index (χ2v) is 3.99. The summed E-state index contributed by atoms with van der Waals surface area (Å²) in [4.78, 5) is 0. The minimum absolute atomic E-state index is 0.106. The Labute approximate surface area is 96.3 Å². The summed E-state index contributed by atoms with van der Waals surface area (Å²) in [5, 5.41) is 10.1. The molecular formula is C14H16O2. The van der Waals surface area contributed by atoms with Crippen LogP contribution >= 0.6 is 0 Å². The number of aliphatic hydroxyl groups excluding tert-OH is 1. The molecule has 2 unspecified atom stereocenters. The van der Waals surface area contributed by atoms with Gasteiger partial charge in [0.2, 0.25) is 0 Å². The molecule has 2 nitrogen and oxygen atoms in total. The molecule has 0 saturated heterocycles. The minimum Gasteiger partial charge on any atom is -0.493 e. The Kier molecular flexibility index (Phi) is 3.48. The third kappa shape index (κ3) is 2.20. The van der Waals surface area contributed by atoms with E-state index < -0.39 is 0 Å². The maximum atomic E-state index is 10.1. The van der Waals surface area contributed by atoms with Crippen LogP contribution in [0, 0.1) is 11.8 Å². The van der Waals surface area contributed by atoms with Gasteiger partial charge in [-0.05, 0) is 19.4 Å². The number of hydrogen-bond acceptors (Lipinski definition) is 2. The fourth-order valence-electron chi connectivity index (χ4n) is 2.05. The van der Waals surface area contributed by atoms with E-state index in [0.717, 1.165) is 17.7 Å². The highest BCUT2D eigenvalue weighted by Gasteiger charge is 2.29. The Morgan fingerprint density at radius 1 is 1.50 bits per heavy atom. The fourth-order valence-corrected chi connectivity index (χ4v) is 2.05. The van der Waals surface area contributed by atoms with Crippen LogP contribution in [0.1, 0.15) is 31.2 Å². The predicted molar refractivity (Wildman–Crippen MR) is 63.4 cm³/mol. The summed E-state index contributed by atoms with van der Waals surface area (Å²) in [6.45, 7) is 2.40. The first kappa shape index (κ1) is 11.0. The van der Waals surface area contributed by atoms with Crippen molar-refractivity contribution in [3.05, 3.63) is 29.8 Å². The van der Waals surface area contributed by atoms with Gasteiger partial charge in [-0.3, -0.25) is 0 Å². The molecule has 1 aromatic carbocycles. The van der Waals surface area contributed by atoms with Crippen molar-refractivity contribution in [2.24, 2.45) is 0 Å². The molecule has 0 spiro atoms. The third-order valence-electron chi connectivity index (χ3n) is 2.94. The van der Waals surface area contributed by atoms with E-state index in [1.54, 1.807) is 0 Å². The molecule has 2 atom stereocenters. The van der Waals surface area contributed by atoms with Gasteiger partial charge in [-0.25, -0.2) is 0 Å². The topological polar surface area (TPSA) is 29.5 Å². The Hall–Kier alpha value is -1.46. The smallest absolute Gasteiger partial charge is 0.123 e. The standard InChI is InChI=1S/C14H16O2/c1-2-3-4-8-13(15)12-10-16-14-9-6-5-7-11(12)14/h5-7,9,12-13,15H,4,8,10H2,1H3. The first-order valence-corrected chi connectivity index (χ1v) is 5.62. The Balaban J connectivity index is 2.03. The van der Waals surface area contributed by atoms with Crippen LogP contribution in [-0.2, 0) is 0 Å². The van der Waals surface area contributed by atoms with E-state index in [1.807, 2.05) is 31.2 Å². The number of para-hydroxylation sites is 1. The van der Waals surface area contributed by atoms with Gasteiger partial charge in [-0.2, -0.15) is 0 Å². The zero-order chi connectivity index (χ0) is 11.4. The van der Waals surface area contributed by atoms with E-state index in [0.29, 0.717) is 13.0 Å². The number of benzene rings is 1. The van der Waals surface area contributed by atoms with Crippen molar-refractivity contribution in [1.29, 1.82) is 0 Å². The maximum absolute atomic E-state index is 10.1. The fraction of sp³-hybridized carbons (Fsp3) is 0.429. The lowest BCUT2D eigenvalue weighted by atomic mass is 9.93. The second-order valence-electron chi connectivity index (χ2n) is 3.99. The molecule has 0 fully saturated rings. The van der Waals surface area contributed by atoms with Gasteiger partial charge in [-0.1, -0.05) is 18.2 Å². The first-order chi connectivity index (χ1) is 7.83. The molecule has 1 aliphatic heterocycles. The average molecular weight is 216 g/mol. The van der Waals surface area contributed by atoms with E-state index in [1.165, 1.54) is 0 Å². The molecule has 0 radical (unpaired) electrons. The van der Waals surface area contributed by atoms with Gasteiger partial charge in [-0.15, -0.1) is 11.8 Å². The summed E-state index contributed by atoms with van der Waals surface area (Å²) in [6, 6.07) is 7.92. The van der Waals surface area contributed by atoms with E-state index in [2.05, 4.69) is 11.8 Å². The van der Waals surface area contributed by atoms with Crippen molar-refractivity contribution < 1.29 is 9.84 Å². The van der Waals surface area contributed by atoms with Crippen molar-refractivity contribution in [2.45, 2.75) is 31.8 Å². The normalized spacial score (nSPS) is 19.2. The number of fused-ring (bicyclic) bond motifs is 1. The highest BCUT2D eigenvalue weighted by atomic mass is 16.5. The zero-order valence-corrected chi connectivity index (χ0v) is 9.44. The molecular weight excluding hydrogens is 200 g/mol. The van der Waals surface area contributed by atoms with Crippen molar-refractivity contribution in [1.82, 2.24) is 0 Å². The van der Waals surface area contributed by atoms with Gasteiger partial charge >= 0.3 is 0 Å². The van der Waals surface area contributed by atoms with E-state index in [9.17, 15) is 5.11 Å². The second kappa shape index (κ2) is 5.05. The maximum Gasteiger partial charge on any atom is 0.123 e. The van der Waals surface area contributed by atoms with Gasteiger partial charge in [0.25, 0.3) is 0 Å². The lowest BCUT2D eigenvalue weighted by Crippen LogP contribution is -2.19. The summed E-state index contributed by atoms with van der Waals surface area (Å²) in [6.07, 6.45) is 1.10. The monoisotopic (exact) mass is 216 g/mol. The molecule has 16 heavy (non-hydrogen) atoms. The zero-order valence-electron chi connectivity index (χ0n) is 9.44. The van der Waals surface area contributed by atoms with E-state index >= 15 is 0 Å². The van der Waals surface area contributed by atoms with Crippen LogP contribution < -0.4 is 4.74 Å². The van der Waals surface area contributed by atoms with Crippen LogP contribution in [0.15, 0.2) is 24.3 Å². The molecule has 0 amide bonds. The van der Waals surface area contributed by atoms with Crippen molar-refractivity contribution in [3.63, 3.8) is 0 Å². The van der Waals surface area contributed by atoms with Crippen LogP contribution in [0.4, 0.5) is 0 Å². The highest BCUT2D eigenvalue weighted by Crippen LogP contribution is 2.36. The number of aliphatic hydroxyl groups is 1. The minimum atomic E-state index is -0.357. The predicted octanol–water partition coefficient (Wildman–Crippen LogP) is 2.33. The molecule has 1 aliphatic rings. The molecule has 0 saturated carbocycles. The molecule has 0 bridgehead atoms. The Morgan fingerprint density at radius 2 is 2.31 bits per heavy atom. The summed E-state index contributed by atoms with van der Waals surface area (Å²) in [5.74, 6) is 6.83. The number of ether oxygens (including phenoxy) is 1. The summed E-state index contributed by atoms with van der Waals surface area (Å²) in [5.41, 5.74) is 1.12. The summed E-state index contributed by atoms with van der Waals surface area (Å²) >= 11 is 0. The molecule has 2 heteroatoms. The molecule has 0 aromatic heterocycles. The highest BCUT2D eigenvalue weighted by molar-refractivity contribution is 5.40. The van der Waals surface area contributed by atoms with E-state index in [4.69, 9.17) is 4.74 Å². The van der Waals surface area contributed by atoms with E-state index in [-0.39, 0.29) is 12.0 Å². The largest absolute Gasteiger partial charge is 0.493 e. The van der Waals surface area contributed by atoms with Gasteiger partial charge < -0.3 is 9.84 Å². The molecule has 0 aliphatic carbocycles. The van der Waals surface area contributed by atoms with Gasteiger partial charge in [0.05, 0.1) is 12.7 Å². The Bertz CT molecular complexity index is 414. The SMILES string of the molecule is CC#CCCC(O)C1COc2ccccc21. The molecule has 1 N–H and O–H groups in total. The van der Waals surface area contributed by atoms with Crippen LogP contribution in [0.5, 0.6) is 5.75 Å². The molecule has 1 heterocycles.